The fourth-order valence-electron chi connectivity index (χ4n) is 3.03. The van der Waals surface area contributed by atoms with Crippen molar-refractivity contribution in [2.24, 2.45) is 0 Å². The molecule has 9 nitrogen and oxygen atoms in total. The monoisotopic (exact) mass is 470 g/mol. The topological polar surface area (TPSA) is 108 Å². The molecule has 166 valence electrons. The molecule has 3 N–H and O–H groups in total. The SMILES string of the molecule is COC(=O)Nc1cc(O)c(NS(=O)(=O)CCC[N+]2(C)CCN(C)CC2)cc1Cl.[Cl-]. The van der Waals surface area contributed by atoms with Crippen LogP contribution in [0, 0.1) is 0 Å². The number of carbonyl (C=O) groups is 1. The third-order valence-corrected chi connectivity index (χ3v) is 6.60. The first kappa shape index (κ1) is 25.6. The largest absolute Gasteiger partial charge is 1.00 e. The number of phenolic OH excluding ortho intramolecular Hbond substituents is 1. The number of aromatic hydroxyl groups is 1. The Morgan fingerprint density at radius 3 is 2.52 bits per heavy atom. The smallest absolute Gasteiger partial charge is 0.411 e. The second-order valence-electron chi connectivity index (χ2n) is 7.33. The molecule has 29 heavy (non-hydrogen) atoms. The fraction of sp³-hybridized carbons (Fsp3) is 0.588. The zero-order chi connectivity index (χ0) is 20.9. The standard InChI is InChI=1S/C17H27ClN4O5S.ClH/c1-21-5-8-22(2,9-6-21)7-4-10-28(25,26)20-15-11-13(18)14(12-16(15)23)19-17(24)27-3;/h11-12,20H,4-10H2,1-3H3,(H-,19,23,24);1H. The molecule has 0 saturated carbocycles. The van der Waals surface area contributed by atoms with Crippen molar-refractivity contribution in [3.8, 4) is 5.75 Å². The van der Waals surface area contributed by atoms with E-state index < -0.39 is 16.1 Å². The third kappa shape index (κ3) is 7.71. The number of ether oxygens (including phenoxy) is 1. The number of nitrogens with one attached hydrogen (secondary N) is 2. The molecule has 0 atom stereocenters. The van der Waals surface area contributed by atoms with Crippen LogP contribution in [-0.2, 0) is 14.8 Å². The van der Waals surface area contributed by atoms with Crippen molar-refractivity contribution in [3.05, 3.63) is 17.2 Å². The van der Waals surface area contributed by atoms with Gasteiger partial charge >= 0.3 is 6.09 Å². The lowest BCUT2D eigenvalue weighted by Gasteiger charge is -2.41. The van der Waals surface area contributed by atoms with E-state index in [9.17, 15) is 18.3 Å². The number of methoxy groups -OCH3 is 1. The van der Waals surface area contributed by atoms with Gasteiger partial charge in [-0.3, -0.25) is 14.9 Å². The summed E-state index contributed by atoms with van der Waals surface area (Å²) in [6, 6.07) is 2.40. The molecule has 0 unspecified atom stereocenters. The van der Waals surface area contributed by atoms with E-state index in [4.69, 9.17) is 11.6 Å². The summed E-state index contributed by atoms with van der Waals surface area (Å²) in [5.74, 6) is -0.409. The summed E-state index contributed by atoms with van der Waals surface area (Å²) in [6.45, 7) is 4.76. The summed E-state index contributed by atoms with van der Waals surface area (Å²) in [4.78, 5) is 13.5. The van der Waals surface area contributed by atoms with Crippen molar-refractivity contribution in [3.63, 3.8) is 0 Å². The van der Waals surface area contributed by atoms with Gasteiger partial charge in [-0.2, -0.15) is 0 Å². The number of amides is 1. The molecule has 0 aromatic heterocycles. The summed E-state index contributed by atoms with van der Waals surface area (Å²) in [6.07, 6.45) is -0.249. The number of piperazine rings is 1. The van der Waals surface area contributed by atoms with E-state index in [1.807, 2.05) is 0 Å². The lowest BCUT2D eigenvalue weighted by Crippen LogP contribution is -3.00. The molecule has 1 saturated heterocycles. The molecule has 1 aliphatic rings. The zero-order valence-corrected chi connectivity index (χ0v) is 19.1. The van der Waals surface area contributed by atoms with E-state index in [1.165, 1.54) is 13.2 Å². The van der Waals surface area contributed by atoms with Gasteiger partial charge in [-0.05, 0) is 13.1 Å². The van der Waals surface area contributed by atoms with Crippen molar-refractivity contribution in [1.29, 1.82) is 0 Å². The number of nitrogens with zero attached hydrogens (tertiary/aromatic N) is 2. The van der Waals surface area contributed by atoms with E-state index in [1.54, 1.807) is 0 Å². The molecule has 0 aliphatic carbocycles. The number of benzene rings is 1. The molecule has 1 amide bonds. The molecule has 1 fully saturated rings. The van der Waals surface area contributed by atoms with Gasteiger partial charge in [-0.1, -0.05) is 11.6 Å². The Balaban J connectivity index is 0.00000420. The van der Waals surface area contributed by atoms with Crippen LogP contribution in [0.1, 0.15) is 6.42 Å². The maximum Gasteiger partial charge on any atom is 0.411 e. The summed E-state index contributed by atoms with van der Waals surface area (Å²) < 4.78 is 32.5. The molecule has 1 heterocycles. The van der Waals surface area contributed by atoms with Crippen LogP contribution in [-0.4, -0.2) is 88.7 Å². The van der Waals surface area contributed by atoms with Gasteiger partial charge in [0.1, 0.15) is 5.75 Å². The maximum absolute atomic E-state index is 12.4. The van der Waals surface area contributed by atoms with E-state index >= 15 is 0 Å². The number of sulfonamides is 1. The van der Waals surface area contributed by atoms with Crippen LogP contribution in [0.5, 0.6) is 5.75 Å². The highest BCUT2D eigenvalue weighted by Crippen LogP contribution is 2.34. The molecule has 1 aromatic carbocycles. The van der Waals surface area contributed by atoms with Crippen molar-refractivity contribution in [2.45, 2.75) is 6.42 Å². The van der Waals surface area contributed by atoms with E-state index in [-0.39, 0.29) is 40.3 Å². The number of hydrogen-bond acceptors (Lipinski definition) is 6. The normalized spacial score (nSPS) is 16.6. The summed E-state index contributed by atoms with van der Waals surface area (Å²) >= 11 is 6.04. The summed E-state index contributed by atoms with van der Waals surface area (Å²) in [7, 11) is 1.77. The molecular weight excluding hydrogens is 443 g/mol. The van der Waals surface area contributed by atoms with Crippen LogP contribution >= 0.6 is 11.6 Å². The Kier molecular flexibility index (Phi) is 9.29. The van der Waals surface area contributed by atoms with Crippen LogP contribution in [0.4, 0.5) is 16.2 Å². The molecule has 0 spiro atoms. The number of hydrogen-bond donors (Lipinski definition) is 3. The molecule has 1 aliphatic heterocycles. The Labute approximate surface area is 183 Å². The van der Waals surface area contributed by atoms with E-state index in [0.717, 1.165) is 43.3 Å². The molecular formula is C17H28Cl2N4O5S. The average molecular weight is 471 g/mol. The van der Waals surface area contributed by atoms with Gasteiger partial charge in [0.25, 0.3) is 0 Å². The first-order valence-electron chi connectivity index (χ1n) is 8.94. The first-order chi connectivity index (χ1) is 13.0. The number of phenols is 1. The first-order valence-corrected chi connectivity index (χ1v) is 11.0. The predicted molar refractivity (Wildman–Crippen MR) is 109 cm³/mol. The average Bonchev–Trinajstić information content (AvgIpc) is 2.61. The number of likely N-dealkylation sites (N-methyl/N-ethyl adjacent to an activating group) is 2. The zero-order valence-electron chi connectivity index (χ0n) is 16.7. The van der Waals surface area contributed by atoms with Crippen molar-refractivity contribution >= 4 is 39.1 Å². The Hall–Kier alpha value is -1.46. The van der Waals surface area contributed by atoms with E-state index in [2.05, 4.69) is 33.8 Å². The molecule has 2 rings (SSSR count). The van der Waals surface area contributed by atoms with Crippen molar-refractivity contribution in [2.75, 3.05) is 69.7 Å². The number of quaternary nitrogens is 1. The van der Waals surface area contributed by atoms with Crippen LogP contribution < -0.4 is 22.4 Å². The third-order valence-electron chi connectivity index (χ3n) is 4.93. The maximum atomic E-state index is 12.4. The highest BCUT2D eigenvalue weighted by molar-refractivity contribution is 7.92. The van der Waals surface area contributed by atoms with Crippen LogP contribution in [0.15, 0.2) is 12.1 Å². The minimum absolute atomic E-state index is 0. The number of carbonyl (C=O) groups excluding carboxylic acids is 1. The highest BCUT2D eigenvalue weighted by atomic mass is 35.5. The molecule has 0 bridgehead atoms. The minimum Gasteiger partial charge on any atom is -1.00 e. The van der Waals surface area contributed by atoms with Crippen LogP contribution in [0.25, 0.3) is 0 Å². The van der Waals surface area contributed by atoms with Gasteiger partial charge in [0.15, 0.2) is 0 Å². The van der Waals surface area contributed by atoms with Gasteiger partial charge in [0.2, 0.25) is 10.0 Å². The van der Waals surface area contributed by atoms with Gasteiger partial charge in [-0.15, -0.1) is 0 Å². The van der Waals surface area contributed by atoms with Crippen LogP contribution in [0.3, 0.4) is 0 Å². The van der Waals surface area contributed by atoms with Crippen molar-refractivity contribution < 1.29 is 39.9 Å². The second kappa shape index (κ2) is 10.5. The van der Waals surface area contributed by atoms with Gasteiger partial charge in [0.05, 0.1) is 55.9 Å². The lowest BCUT2D eigenvalue weighted by atomic mass is 10.2. The lowest BCUT2D eigenvalue weighted by molar-refractivity contribution is -0.913. The van der Waals surface area contributed by atoms with Gasteiger partial charge in [-0.25, -0.2) is 13.2 Å². The fourth-order valence-corrected chi connectivity index (χ4v) is 4.35. The molecule has 12 heteroatoms. The van der Waals surface area contributed by atoms with Gasteiger partial charge < -0.3 is 26.7 Å². The number of anilines is 2. The Bertz CT molecular complexity index is 814. The van der Waals surface area contributed by atoms with Crippen LogP contribution in [0.2, 0.25) is 5.02 Å². The summed E-state index contributed by atoms with van der Waals surface area (Å²) in [5, 5.41) is 12.5. The van der Waals surface area contributed by atoms with E-state index in [0.29, 0.717) is 6.42 Å². The van der Waals surface area contributed by atoms with Gasteiger partial charge in [0, 0.05) is 25.6 Å². The second-order valence-corrected chi connectivity index (χ2v) is 9.58. The summed E-state index contributed by atoms with van der Waals surface area (Å²) in [5.41, 5.74) is 0.0712. The molecule has 1 aromatic rings. The van der Waals surface area contributed by atoms with Crippen molar-refractivity contribution in [1.82, 2.24) is 4.90 Å². The quantitative estimate of drug-likeness (QED) is 0.339. The number of halogens is 2. The number of rotatable bonds is 7. The minimum atomic E-state index is -3.65. The Morgan fingerprint density at radius 1 is 1.31 bits per heavy atom. The molecule has 0 radical (unpaired) electrons. The Morgan fingerprint density at radius 2 is 1.93 bits per heavy atom. The highest BCUT2D eigenvalue weighted by Gasteiger charge is 2.27. The predicted octanol–water partition coefficient (Wildman–Crippen LogP) is -1.25.